The van der Waals surface area contributed by atoms with E-state index in [1.165, 1.54) is 31.4 Å². The molecule has 2 amide bonds. The molecule has 1 aliphatic heterocycles. The van der Waals surface area contributed by atoms with Gasteiger partial charge < -0.3 is 14.7 Å². The fraction of sp³-hybridized carbons (Fsp3) is 0.474. The van der Waals surface area contributed by atoms with Gasteiger partial charge in [-0.3, -0.25) is 0 Å². The molecule has 0 unspecified atom stereocenters. The van der Waals surface area contributed by atoms with E-state index in [2.05, 4.69) is 10.5 Å². The van der Waals surface area contributed by atoms with Crippen LogP contribution < -0.4 is 5.32 Å². The summed E-state index contributed by atoms with van der Waals surface area (Å²) in [7, 11) is 0. The van der Waals surface area contributed by atoms with Crippen molar-refractivity contribution in [2.45, 2.75) is 51.1 Å². The Labute approximate surface area is 146 Å². The van der Waals surface area contributed by atoms with E-state index in [0.29, 0.717) is 31.3 Å². The molecule has 2 heterocycles. The van der Waals surface area contributed by atoms with Gasteiger partial charge in [0.15, 0.2) is 5.76 Å². The van der Waals surface area contributed by atoms with Gasteiger partial charge in [-0.15, -0.1) is 0 Å². The zero-order valence-electron chi connectivity index (χ0n) is 14.1. The van der Waals surface area contributed by atoms with Crippen LogP contribution >= 0.6 is 0 Å². The van der Waals surface area contributed by atoms with E-state index < -0.39 is 0 Å². The molecule has 6 heteroatoms. The Bertz CT molecular complexity index is 751. The van der Waals surface area contributed by atoms with Crippen molar-refractivity contribution in [1.29, 1.82) is 0 Å². The standard InChI is InChI=1S/C19H22FN3O2/c20-14-8-6-13(7-9-14)18-16-10-11-23(12-17(16)22-25-18)19(24)21-15-4-2-1-3-5-15/h6-9,15H,1-5,10-12H2,(H,21,24). The van der Waals surface area contributed by atoms with Crippen LogP contribution in [0.1, 0.15) is 43.4 Å². The number of halogens is 1. The van der Waals surface area contributed by atoms with Gasteiger partial charge in [0.2, 0.25) is 0 Å². The summed E-state index contributed by atoms with van der Waals surface area (Å²) in [6.45, 7) is 1.10. The van der Waals surface area contributed by atoms with Crippen molar-refractivity contribution in [2.75, 3.05) is 6.54 Å². The predicted octanol–water partition coefficient (Wildman–Crippen LogP) is 3.88. The summed E-state index contributed by atoms with van der Waals surface area (Å²) >= 11 is 0. The fourth-order valence-corrected chi connectivity index (χ4v) is 3.75. The number of rotatable bonds is 2. The Morgan fingerprint density at radius 2 is 1.96 bits per heavy atom. The minimum absolute atomic E-state index is 0.0103. The molecule has 0 radical (unpaired) electrons. The highest BCUT2D eigenvalue weighted by molar-refractivity contribution is 5.75. The van der Waals surface area contributed by atoms with Crippen LogP contribution in [-0.2, 0) is 13.0 Å². The summed E-state index contributed by atoms with van der Waals surface area (Å²) < 4.78 is 18.6. The number of urea groups is 1. The van der Waals surface area contributed by atoms with Crippen molar-refractivity contribution in [2.24, 2.45) is 0 Å². The Morgan fingerprint density at radius 1 is 1.20 bits per heavy atom. The van der Waals surface area contributed by atoms with E-state index in [9.17, 15) is 9.18 Å². The van der Waals surface area contributed by atoms with Crippen LogP contribution in [0.25, 0.3) is 11.3 Å². The predicted molar refractivity (Wildman–Crippen MR) is 91.4 cm³/mol. The highest BCUT2D eigenvalue weighted by Gasteiger charge is 2.28. The van der Waals surface area contributed by atoms with Crippen LogP contribution in [0.5, 0.6) is 0 Å². The first-order valence-electron chi connectivity index (χ1n) is 8.99. The lowest BCUT2D eigenvalue weighted by Crippen LogP contribution is -2.47. The second-order valence-electron chi connectivity index (χ2n) is 6.90. The summed E-state index contributed by atoms with van der Waals surface area (Å²) in [6, 6.07) is 6.50. The number of carbonyl (C=O) groups excluding carboxylic acids is 1. The van der Waals surface area contributed by atoms with Crippen molar-refractivity contribution in [3.63, 3.8) is 0 Å². The third-order valence-electron chi connectivity index (χ3n) is 5.17. The van der Waals surface area contributed by atoms with Gasteiger partial charge >= 0.3 is 6.03 Å². The second kappa shape index (κ2) is 6.86. The molecular weight excluding hydrogens is 321 g/mol. The van der Waals surface area contributed by atoms with Gasteiger partial charge in [-0.05, 0) is 43.5 Å². The maximum Gasteiger partial charge on any atom is 0.317 e. The van der Waals surface area contributed by atoms with Crippen LogP contribution in [0.15, 0.2) is 28.8 Å². The molecule has 1 N–H and O–H groups in total. The number of fused-ring (bicyclic) bond motifs is 1. The van der Waals surface area contributed by atoms with Crippen molar-refractivity contribution >= 4 is 6.03 Å². The monoisotopic (exact) mass is 343 g/mol. The molecule has 1 aliphatic carbocycles. The van der Waals surface area contributed by atoms with E-state index in [4.69, 9.17) is 4.52 Å². The molecule has 25 heavy (non-hydrogen) atoms. The lowest BCUT2D eigenvalue weighted by Gasteiger charge is -2.30. The van der Waals surface area contributed by atoms with Crippen molar-refractivity contribution in [3.8, 4) is 11.3 Å². The summed E-state index contributed by atoms with van der Waals surface area (Å²) in [4.78, 5) is 14.3. The van der Waals surface area contributed by atoms with Gasteiger partial charge in [-0.2, -0.15) is 0 Å². The topological polar surface area (TPSA) is 58.4 Å². The van der Waals surface area contributed by atoms with E-state index in [0.717, 1.165) is 29.7 Å². The molecule has 1 fully saturated rings. The van der Waals surface area contributed by atoms with E-state index in [1.54, 1.807) is 17.0 Å². The number of carbonyl (C=O) groups is 1. The number of hydrogen-bond acceptors (Lipinski definition) is 3. The van der Waals surface area contributed by atoms with Gasteiger partial charge in [-0.25, -0.2) is 9.18 Å². The van der Waals surface area contributed by atoms with Crippen molar-refractivity contribution in [1.82, 2.24) is 15.4 Å². The van der Waals surface area contributed by atoms with E-state index in [1.807, 2.05) is 0 Å². The van der Waals surface area contributed by atoms with Gasteiger partial charge in [0.25, 0.3) is 0 Å². The Balaban J connectivity index is 1.45. The highest BCUT2D eigenvalue weighted by Crippen LogP contribution is 2.30. The number of nitrogens with zero attached hydrogens (tertiary/aromatic N) is 2. The van der Waals surface area contributed by atoms with Crippen LogP contribution in [0.3, 0.4) is 0 Å². The highest BCUT2D eigenvalue weighted by atomic mass is 19.1. The summed E-state index contributed by atoms with van der Waals surface area (Å²) in [5.41, 5.74) is 2.63. The maximum absolute atomic E-state index is 13.1. The minimum atomic E-state index is -0.275. The molecule has 2 aliphatic rings. The van der Waals surface area contributed by atoms with Gasteiger partial charge in [0.05, 0.1) is 6.54 Å². The molecule has 1 aromatic heterocycles. The average molecular weight is 343 g/mol. The minimum Gasteiger partial charge on any atom is -0.356 e. The van der Waals surface area contributed by atoms with Crippen LogP contribution in [0.4, 0.5) is 9.18 Å². The van der Waals surface area contributed by atoms with Crippen molar-refractivity contribution < 1.29 is 13.7 Å². The number of hydrogen-bond donors (Lipinski definition) is 1. The fourth-order valence-electron chi connectivity index (χ4n) is 3.75. The van der Waals surface area contributed by atoms with Crippen LogP contribution in [0.2, 0.25) is 0 Å². The first-order chi connectivity index (χ1) is 12.2. The summed E-state index contributed by atoms with van der Waals surface area (Å²) in [5, 5.41) is 7.30. The third-order valence-corrected chi connectivity index (χ3v) is 5.17. The Morgan fingerprint density at radius 3 is 2.72 bits per heavy atom. The largest absolute Gasteiger partial charge is 0.356 e. The van der Waals surface area contributed by atoms with Crippen LogP contribution in [0, 0.1) is 5.82 Å². The summed E-state index contributed by atoms with van der Waals surface area (Å²) in [6.07, 6.45) is 6.50. The molecule has 1 aromatic carbocycles. The Hall–Kier alpha value is -2.37. The summed E-state index contributed by atoms with van der Waals surface area (Å²) in [5.74, 6) is 0.407. The quantitative estimate of drug-likeness (QED) is 0.900. The van der Waals surface area contributed by atoms with E-state index >= 15 is 0 Å². The zero-order chi connectivity index (χ0) is 17.2. The SMILES string of the molecule is O=C(NC1CCCCC1)N1CCc2c(noc2-c2ccc(F)cc2)C1. The maximum atomic E-state index is 13.1. The second-order valence-corrected chi connectivity index (χ2v) is 6.90. The molecule has 5 nitrogen and oxygen atoms in total. The van der Waals surface area contributed by atoms with Gasteiger partial charge in [0, 0.05) is 23.7 Å². The molecule has 0 atom stereocenters. The smallest absolute Gasteiger partial charge is 0.317 e. The molecule has 0 bridgehead atoms. The average Bonchev–Trinajstić information content (AvgIpc) is 3.06. The molecular formula is C19H22FN3O2. The molecule has 2 aromatic rings. The lowest BCUT2D eigenvalue weighted by atomic mass is 9.95. The Kier molecular flexibility index (Phi) is 4.42. The first kappa shape index (κ1) is 16.1. The molecule has 4 rings (SSSR count). The molecule has 0 saturated heterocycles. The van der Waals surface area contributed by atoms with Crippen LogP contribution in [-0.4, -0.2) is 28.7 Å². The van der Waals surface area contributed by atoms with E-state index in [-0.39, 0.29) is 11.8 Å². The first-order valence-corrected chi connectivity index (χ1v) is 8.99. The number of aromatic nitrogens is 1. The zero-order valence-corrected chi connectivity index (χ0v) is 14.1. The lowest BCUT2D eigenvalue weighted by molar-refractivity contribution is 0.183. The molecule has 1 saturated carbocycles. The van der Waals surface area contributed by atoms with Gasteiger partial charge in [-0.1, -0.05) is 24.4 Å². The molecule has 132 valence electrons. The van der Waals surface area contributed by atoms with Gasteiger partial charge in [0.1, 0.15) is 11.5 Å². The van der Waals surface area contributed by atoms with Crippen molar-refractivity contribution in [3.05, 3.63) is 41.3 Å². The number of benzene rings is 1. The molecule has 0 spiro atoms. The third kappa shape index (κ3) is 3.38. The number of nitrogens with one attached hydrogen (secondary N) is 1. The normalized spacial score (nSPS) is 18.0. The number of amides is 2.